The van der Waals surface area contributed by atoms with E-state index in [1.54, 1.807) is 0 Å². The third-order valence-corrected chi connectivity index (χ3v) is 4.34. The quantitative estimate of drug-likeness (QED) is 0.888. The van der Waals surface area contributed by atoms with Crippen LogP contribution in [0.5, 0.6) is 0 Å². The van der Waals surface area contributed by atoms with Crippen LogP contribution in [0.4, 0.5) is 4.79 Å². The monoisotopic (exact) mass is 340 g/mol. The van der Waals surface area contributed by atoms with Crippen LogP contribution in [-0.2, 0) is 0 Å². The Morgan fingerprint density at radius 3 is 2.80 bits per heavy atom. The van der Waals surface area contributed by atoms with Crippen molar-refractivity contribution in [1.82, 2.24) is 10.2 Å². The average Bonchev–Trinajstić information content (AvgIpc) is 2.47. The molecule has 1 fully saturated rings. The van der Waals surface area contributed by atoms with Crippen molar-refractivity contribution in [3.8, 4) is 0 Å². The van der Waals surface area contributed by atoms with Gasteiger partial charge in [0.25, 0.3) is 0 Å². The number of aliphatic hydroxyl groups is 1. The third kappa shape index (κ3) is 3.96. The molecule has 1 atom stereocenters. The molecule has 0 aliphatic carbocycles. The maximum absolute atomic E-state index is 12.2. The van der Waals surface area contributed by atoms with Gasteiger partial charge in [0.05, 0.1) is 6.04 Å². The topological polar surface area (TPSA) is 52.6 Å². The van der Waals surface area contributed by atoms with Crippen LogP contribution in [0.3, 0.4) is 0 Å². The number of likely N-dealkylation sites (tertiary alicyclic amines) is 1. The van der Waals surface area contributed by atoms with Gasteiger partial charge in [-0.2, -0.15) is 0 Å². The first-order chi connectivity index (χ1) is 9.60. The summed E-state index contributed by atoms with van der Waals surface area (Å²) >= 11 is 3.44. The van der Waals surface area contributed by atoms with Crippen molar-refractivity contribution in [3.63, 3.8) is 0 Å². The number of benzene rings is 1. The summed E-state index contributed by atoms with van der Waals surface area (Å²) in [7, 11) is 0. The van der Waals surface area contributed by atoms with E-state index >= 15 is 0 Å². The van der Waals surface area contributed by atoms with E-state index in [1.165, 1.54) is 0 Å². The minimum Gasteiger partial charge on any atom is -0.396 e. The van der Waals surface area contributed by atoms with Crippen LogP contribution in [0.1, 0.15) is 31.4 Å². The van der Waals surface area contributed by atoms with Gasteiger partial charge in [-0.15, -0.1) is 0 Å². The lowest BCUT2D eigenvalue weighted by Gasteiger charge is -2.32. The van der Waals surface area contributed by atoms with E-state index in [0.717, 1.165) is 36.0 Å². The highest BCUT2D eigenvalue weighted by molar-refractivity contribution is 9.10. The predicted molar refractivity (Wildman–Crippen MR) is 82.5 cm³/mol. The van der Waals surface area contributed by atoms with Crippen molar-refractivity contribution in [2.75, 3.05) is 19.7 Å². The van der Waals surface area contributed by atoms with Gasteiger partial charge in [-0.3, -0.25) is 0 Å². The van der Waals surface area contributed by atoms with Gasteiger partial charge in [-0.1, -0.05) is 28.1 Å². The number of amides is 2. The van der Waals surface area contributed by atoms with Crippen LogP contribution in [0.15, 0.2) is 28.7 Å². The smallest absolute Gasteiger partial charge is 0.317 e. The molecule has 2 rings (SSSR count). The summed E-state index contributed by atoms with van der Waals surface area (Å²) in [4.78, 5) is 14.0. The van der Waals surface area contributed by atoms with Crippen molar-refractivity contribution in [2.24, 2.45) is 5.92 Å². The number of urea groups is 1. The highest BCUT2D eigenvalue weighted by atomic mass is 79.9. The molecule has 0 saturated carbocycles. The van der Waals surface area contributed by atoms with Gasteiger partial charge in [0.2, 0.25) is 0 Å². The van der Waals surface area contributed by atoms with Crippen LogP contribution in [0, 0.1) is 5.92 Å². The number of aliphatic hydroxyl groups excluding tert-OH is 1. The molecule has 0 aromatic heterocycles. The molecule has 1 unspecified atom stereocenters. The van der Waals surface area contributed by atoms with Crippen molar-refractivity contribution >= 4 is 22.0 Å². The first kappa shape index (κ1) is 15.3. The van der Waals surface area contributed by atoms with E-state index in [4.69, 9.17) is 5.11 Å². The maximum atomic E-state index is 12.2. The highest BCUT2D eigenvalue weighted by Gasteiger charge is 2.23. The lowest BCUT2D eigenvalue weighted by Crippen LogP contribution is -2.45. The molecule has 0 spiro atoms. The van der Waals surface area contributed by atoms with Gasteiger partial charge in [-0.25, -0.2) is 4.79 Å². The number of piperidine rings is 1. The zero-order valence-corrected chi connectivity index (χ0v) is 13.3. The second-order valence-electron chi connectivity index (χ2n) is 5.34. The summed E-state index contributed by atoms with van der Waals surface area (Å²) in [6.07, 6.45) is 1.77. The molecule has 0 radical (unpaired) electrons. The molecule has 1 aliphatic heterocycles. The molecule has 1 saturated heterocycles. The first-order valence-corrected chi connectivity index (χ1v) is 7.81. The Balaban J connectivity index is 1.88. The minimum atomic E-state index is -0.0196. The lowest BCUT2D eigenvalue weighted by molar-refractivity contribution is 0.136. The van der Waals surface area contributed by atoms with Crippen molar-refractivity contribution in [3.05, 3.63) is 34.3 Å². The maximum Gasteiger partial charge on any atom is 0.317 e. The zero-order valence-electron chi connectivity index (χ0n) is 11.7. The van der Waals surface area contributed by atoms with E-state index < -0.39 is 0 Å². The molecule has 1 aliphatic rings. The van der Waals surface area contributed by atoms with Crippen molar-refractivity contribution in [2.45, 2.75) is 25.8 Å². The van der Waals surface area contributed by atoms with Crippen LogP contribution in [0.2, 0.25) is 0 Å². The molecule has 4 nitrogen and oxygen atoms in total. The Hall–Kier alpha value is -1.07. The number of rotatable bonds is 3. The fourth-order valence-electron chi connectivity index (χ4n) is 2.45. The molecule has 1 aromatic carbocycles. The van der Waals surface area contributed by atoms with E-state index in [0.29, 0.717) is 5.92 Å². The largest absolute Gasteiger partial charge is 0.396 e. The predicted octanol–water partition coefficient (Wildman–Crippen LogP) is 2.92. The molecule has 0 bridgehead atoms. The third-order valence-electron chi connectivity index (χ3n) is 3.85. The van der Waals surface area contributed by atoms with Gasteiger partial charge in [0.1, 0.15) is 0 Å². The molecular weight excluding hydrogens is 320 g/mol. The second-order valence-corrected chi connectivity index (χ2v) is 6.25. The summed E-state index contributed by atoms with van der Waals surface area (Å²) in [5.41, 5.74) is 1.08. The van der Waals surface area contributed by atoms with E-state index in [-0.39, 0.29) is 18.7 Å². The Morgan fingerprint density at radius 2 is 2.20 bits per heavy atom. The van der Waals surface area contributed by atoms with E-state index in [1.807, 2.05) is 36.1 Å². The summed E-state index contributed by atoms with van der Waals surface area (Å²) in [6, 6.07) is 7.92. The van der Waals surface area contributed by atoms with E-state index in [2.05, 4.69) is 21.2 Å². The number of nitrogens with one attached hydrogen (secondary N) is 1. The van der Waals surface area contributed by atoms with Gasteiger partial charge in [0.15, 0.2) is 0 Å². The zero-order chi connectivity index (χ0) is 14.5. The molecule has 1 aromatic rings. The Labute approximate surface area is 128 Å². The summed E-state index contributed by atoms with van der Waals surface area (Å²) < 4.78 is 1.01. The number of halogens is 1. The van der Waals surface area contributed by atoms with Gasteiger partial charge in [0, 0.05) is 24.2 Å². The van der Waals surface area contributed by atoms with Gasteiger partial charge >= 0.3 is 6.03 Å². The Bertz CT molecular complexity index is 459. The Morgan fingerprint density at radius 1 is 1.50 bits per heavy atom. The van der Waals surface area contributed by atoms with Crippen molar-refractivity contribution < 1.29 is 9.90 Å². The van der Waals surface area contributed by atoms with Crippen molar-refractivity contribution in [1.29, 1.82) is 0 Å². The van der Waals surface area contributed by atoms with Gasteiger partial charge < -0.3 is 15.3 Å². The summed E-state index contributed by atoms with van der Waals surface area (Å²) in [5.74, 6) is 0.349. The molecule has 20 heavy (non-hydrogen) atoms. The molecule has 1 heterocycles. The Kier molecular flexibility index (Phi) is 5.43. The fraction of sp³-hybridized carbons (Fsp3) is 0.533. The molecule has 5 heteroatoms. The first-order valence-electron chi connectivity index (χ1n) is 7.02. The molecule has 2 amide bonds. The average molecular weight is 341 g/mol. The standard InChI is InChI=1S/C15H21BrN2O2/c1-11(13-3-2-4-14(16)9-13)17-15(20)18-7-5-12(10-19)6-8-18/h2-4,9,11-12,19H,5-8,10H2,1H3,(H,17,20). The van der Waals surface area contributed by atoms with Gasteiger partial charge in [-0.05, 0) is 43.4 Å². The van der Waals surface area contributed by atoms with Crippen LogP contribution < -0.4 is 5.32 Å². The molecular formula is C15H21BrN2O2. The summed E-state index contributed by atoms with van der Waals surface area (Å²) in [6.45, 7) is 3.66. The van der Waals surface area contributed by atoms with Crippen LogP contribution in [0.25, 0.3) is 0 Å². The number of carbonyl (C=O) groups is 1. The number of hydrogen-bond donors (Lipinski definition) is 2. The second kappa shape index (κ2) is 7.09. The van der Waals surface area contributed by atoms with Crippen LogP contribution >= 0.6 is 15.9 Å². The minimum absolute atomic E-state index is 0.0180. The number of carbonyl (C=O) groups excluding carboxylic acids is 1. The lowest BCUT2D eigenvalue weighted by atomic mass is 9.98. The molecule has 2 N–H and O–H groups in total. The number of nitrogens with zero attached hydrogens (tertiary/aromatic N) is 1. The number of hydrogen-bond acceptors (Lipinski definition) is 2. The van der Waals surface area contributed by atoms with Crippen LogP contribution in [-0.4, -0.2) is 35.7 Å². The SMILES string of the molecule is CC(NC(=O)N1CCC(CO)CC1)c1cccc(Br)c1. The van der Waals surface area contributed by atoms with E-state index in [9.17, 15) is 4.79 Å². The molecule has 110 valence electrons. The fourth-order valence-corrected chi connectivity index (χ4v) is 2.87. The normalized spacial score (nSPS) is 17.9. The summed E-state index contributed by atoms with van der Waals surface area (Å²) in [5, 5.41) is 12.1. The highest BCUT2D eigenvalue weighted by Crippen LogP contribution is 2.20.